The van der Waals surface area contributed by atoms with Gasteiger partial charge in [-0.1, -0.05) is 88.7 Å². The number of ether oxygens (including phenoxy) is 2. The number of carboxylic acids is 2. The topological polar surface area (TPSA) is 114 Å². The number of alkyl halides is 3. The fourth-order valence-corrected chi connectivity index (χ4v) is 9.98. The molecule has 2 N–H and O–H groups in total. The third kappa shape index (κ3) is 9.24. The van der Waals surface area contributed by atoms with E-state index < -0.39 is 18.1 Å². The first-order chi connectivity index (χ1) is 28.5. The monoisotopic (exact) mass is 825 g/mol. The Bertz CT molecular complexity index is 2350. The number of benzene rings is 4. The quantitative estimate of drug-likeness (QED) is 0.143. The van der Waals surface area contributed by atoms with Gasteiger partial charge in [-0.15, -0.1) is 0 Å². The Morgan fingerprint density at radius 1 is 0.917 bits per heavy atom. The Balaban J connectivity index is 0.000000716. The molecule has 0 bridgehead atoms. The van der Waals surface area contributed by atoms with E-state index in [1.807, 2.05) is 18.2 Å². The number of aryl methyl sites for hydroxylation is 1. The maximum atomic E-state index is 11.3. The molecule has 1 aliphatic heterocycles. The second-order valence-electron chi connectivity index (χ2n) is 17.4. The van der Waals surface area contributed by atoms with Crippen molar-refractivity contribution in [1.82, 2.24) is 14.5 Å². The van der Waals surface area contributed by atoms with Crippen LogP contribution in [0.1, 0.15) is 81.5 Å². The van der Waals surface area contributed by atoms with E-state index in [1.54, 1.807) is 11.1 Å². The molecule has 1 saturated heterocycles. The summed E-state index contributed by atoms with van der Waals surface area (Å²) in [4.78, 5) is 28.1. The molecule has 2 heterocycles. The Morgan fingerprint density at radius 3 is 2.35 bits per heavy atom. The Kier molecular flexibility index (Phi) is 12.5. The van der Waals surface area contributed by atoms with Crippen LogP contribution in [0.3, 0.4) is 0 Å². The molecule has 0 amide bonds. The average Bonchev–Trinajstić information content (AvgIpc) is 3.57. The van der Waals surface area contributed by atoms with Gasteiger partial charge < -0.3 is 24.3 Å². The molecule has 3 atom stereocenters. The van der Waals surface area contributed by atoms with Crippen molar-refractivity contribution in [3.63, 3.8) is 0 Å². The third-order valence-electron chi connectivity index (χ3n) is 12.9. The number of morpholine rings is 1. The van der Waals surface area contributed by atoms with Crippen molar-refractivity contribution in [3.8, 4) is 28.3 Å². The van der Waals surface area contributed by atoms with Crippen LogP contribution >= 0.6 is 0 Å². The fraction of sp³-hybridized carbons (Fsp3) is 0.438. The maximum absolute atomic E-state index is 11.3. The minimum atomic E-state index is -5.08. The van der Waals surface area contributed by atoms with Crippen molar-refractivity contribution in [1.29, 1.82) is 0 Å². The molecular formula is C48H54F3N3O6. The van der Waals surface area contributed by atoms with Crippen LogP contribution < -0.4 is 4.74 Å². The number of rotatable bonds is 10. The zero-order valence-electron chi connectivity index (χ0n) is 34.7. The molecular weight excluding hydrogens is 772 g/mol. The highest BCUT2D eigenvalue weighted by atomic mass is 19.4. The second kappa shape index (κ2) is 17.4. The van der Waals surface area contributed by atoms with Crippen LogP contribution in [-0.2, 0) is 39.3 Å². The number of fused-ring (bicyclic) bond motifs is 4. The summed E-state index contributed by atoms with van der Waals surface area (Å²) in [6.07, 6.45) is 0.810. The van der Waals surface area contributed by atoms with E-state index in [0.717, 1.165) is 73.8 Å². The summed E-state index contributed by atoms with van der Waals surface area (Å²) >= 11 is 0. The number of carbonyl (C=O) groups is 2. The Labute approximate surface area is 349 Å². The summed E-state index contributed by atoms with van der Waals surface area (Å²) in [5, 5.41) is 16.4. The molecule has 0 spiro atoms. The van der Waals surface area contributed by atoms with Gasteiger partial charge in [0.05, 0.1) is 24.2 Å². The predicted octanol–water partition coefficient (Wildman–Crippen LogP) is 10.1. The SMILES string of the molecule is CC(C)c1ccc2c(c1)CC[C@H]1[C@@](C)(Cn3c(-c4cccc(OCC(=O)O)c4)nc4cc(-c5cccc(CN6CCOCC6)c5)ccc43)CCC[C@]21C.O=C(O)C(F)(F)F. The minimum Gasteiger partial charge on any atom is -0.482 e. The van der Waals surface area contributed by atoms with Gasteiger partial charge in [0.25, 0.3) is 0 Å². The highest BCUT2D eigenvalue weighted by molar-refractivity contribution is 5.86. The number of imidazole rings is 1. The predicted molar refractivity (Wildman–Crippen MR) is 225 cm³/mol. The van der Waals surface area contributed by atoms with E-state index in [1.165, 1.54) is 42.4 Å². The molecule has 0 unspecified atom stereocenters. The standard InChI is InChI=1S/C46H53N3O4.C2HF3O2/c1-31(2)33-12-15-39-36(25-33)14-17-42-45(3,18-7-19-46(39,42)4)30-49-41-16-13-35(34-9-5-8-32(24-34)28-48-20-22-52-23-21-48)27-40(41)47-44(49)37-10-6-11-38(26-37)53-29-43(50)51;3-2(4,5)1(6)7/h5-6,8-13,15-16,24-27,31,42H,7,14,17-23,28-30H2,1-4H3,(H,50,51);(H,6,7)/t42-,45+,46+;/m0./s1. The second-order valence-corrected chi connectivity index (χ2v) is 17.4. The number of hydrogen-bond acceptors (Lipinski definition) is 6. The first-order valence-electron chi connectivity index (χ1n) is 20.8. The van der Waals surface area contributed by atoms with Crippen molar-refractivity contribution in [2.45, 2.75) is 90.4 Å². The van der Waals surface area contributed by atoms with Gasteiger partial charge in [-0.25, -0.2) is 14.6 Å². The number of carboxylic acid groups (broad SMARTS) is 2. The van der Waals surface area contributed by atoms with Crippen LogP contribution in [0.15, 0.2) is 84.9 Å². The van der Waals surface area contributed by atoms with E-state index in [4.69, 9.17) is 24.4 Å². The molecule has 1 aromatic heterocycles. The molecule has 318 valence electrons. The summed E-state index contributed by atoms with van der Waals surface area (Å²) in [6.45, 7) is 14.5. The van der Waals surface area contributed by atoms with Crippen molar-refractivity contribution in [2.24, 2.45) is 11.3 Å². The lowest BCUT2D eigenvalue weighted by Crippen LogP contribution is -2.50. The number of aromatic nitrogens is 2. The molecule has 5 aromatic rings. The summed E-state index contributed by atoms with van der Waals surface area (Å²) < 4.78 is 45.4. The summed E-state index contributed by atoms with van der Waals surface area (Å²) in [5.41, 5.74) is 11.4. The van der Waals surface area contributed by atoms with Crippen molar-refractivity contribution >= 4 is 23.0 Å². The number of halogens is 3. The maximum Gasteiger partial charge on any atom is 0.490 e. The molecule has 0 radical (unpaired) electrons. The summed E-state index contributed by atoms with van der Waals surface area (Å²) in [5.74, 6) is -1.26. The van der Waals surface area contributed by atoms with Crippen LogP contribution in [0, 0.1) is 11.3 Å². The fourth-order valence-electron chi connectivity index (χ4n) is 9.98. The van der Waals surface area contributed by atoms with Gasteiger partial charge in [-0.05, 0) is 112 Å². The molecule has 60 heavy (non-hydrogen) atoms. The molecule has 3 aliphatic rings. The lowest BCUT2D eigenvalue weighted by atomic mass is 9.49. The number of nitrogens with zero attached hydrogens (tertiary/aromatic N) is 3. The normalized spacial score (nSPS) is 21.8. The van der Waals surface area contributed by atoms with Gasteiger partial charge in [-0.3, -0.25) is 4.90 Å². The van der Waals surface area contributed by atoms with Crippen LogP contribution in [0.4, 0.5) is 13.2 Å². The lowest BCUT2D eigenvalue weighted by molar-refractivity contribution is -0.192. The summed E-state index contributed by atoms with van der Waals surface area (Å²) in [7, 11) is 0. The largest absolute Gasteiger partial charge is 0.490 e. The van der Waals surface area contributed by atoms with Crippen molar-refractivity contribution in [2.75, 3.05) is 32.9 Å². The van der Waals surface area contributed by atoms with Crippen molar-refractivity contribution < 1.29 is 42.4 Å². The van der Waals surface area contributed by atoms with E-state index in [9.17, 15) is 23.1 Å². The average molecular weight is 826 g/mol. The van der Waals surface area contributed by atoms with Gasteiger partial charge in [0.2, 0.25) is 0 Å². The van der Waals surface area contributed by atoms with Gasteiger partial charge in [0.15, 0.2) is 6.61 Å². The number of aliphatic carboxylic acids is 2. The number of hydrogen-bond donors (Lipinski definition) is 2. The highest BCUT2D eigenvalue weighted by Gasteiger charge is 2.52. The lowest BCUT2D eigenvalue weighted by Gasteiger charge is -2.56. The Morgan fingerprint density at radius 2 is 1.63 bits per heavy atom. The van der Waals surface area contributed by atoms with Crippen molar-refractivity contribution in [3.05, 3.63) is 107 Å². The van der Waals surface area contributed by atoms with Crippen LogP contribution in [0.2, 0.25) is 0 Å². The first kappa shape index (κ1) is 42.9. The van der Waals surface area contributed by atoms with Gasteiger partial charge in [-0.2, -0.15) is 13.2 Å². The van der Waals surface area contributed by atoms with Crippen LogP contribution in [-0.4, -0.2) is 75.7 Å². The third-order valence-corrected chi connectivity index (χ3v) is 12.9. The first-order valence-corrected chi connectivity index (χ1v) is 20.8. The molecule has 1 saturated carbocycles. The van der Waals surface area contributed by atoms with E-state index >= 15 is 0 Å². The van der Waals surface area contributed by atoms with Gasteiger partial charge in [0, 0.05) is 31.7 Å². The highest BCUT2D eigenvalue weighted by Crippen LogP contribution is 2.58. The molecule has 9 nitrogen and oxygen atoms in total. The summed E-state index contributed by atoms with van der Waals surface area (Å²) in [6, 6.07) is 30.7. The molecule has 12 heteroatoms. The van der Waals surface area contributed by atoms with E-state index in [-0.39, 0.29) is 17.4 Å². The van der Waals surface area contributed by atoms with Crippen LogP contribution in [0.5, 0.6) is 5.75 Å². The van der Waals surface area contributed by atoms with Crippen LogP contribution in [0.25, 0.3) is 33.5 Å². The zero-order chi connectivity index (χ0) is 42.8. The molecule has 2 fully saturated rings. The van der Waals surface area contributed by atoms with Gasteiger partial charge in [0.1, 0.15) is 11.6 Å². The minimum absolute atomic E-state index is 0.0493. The van der Waals surface area contributed by atoms with Gasteiger partial charge >= 0.3 is 18.1 Å². The van der Waals surface area contributed by atoms with E-state index in [2.05, 4.69) is 104 Å². The molecule has 2 aliphatic carbocycles. The van der Waals surface area contributed by atoms with E-state index in [0.29, 0.717) is 17.6 Å². The zero-order valence-corrected chi connectivity index (χ0v) is 34.7. The Hall–Kier alpha value is -5.20. The molecule has 4 aromatic carbocycles. The molecule has 8 rings (SSSR count). The smallest absolute Gasteiger partial charge is 0.482 e.